The van der Waals surface area contributed by atoms with E-state index in [4.69, 9.17) is 0 Å². The Morgan fingerprint density at radius 2 is 1.44 bits per heavy atom. The fourth-order valence-corrected chi connectivity index (χ4v) is 1.52. The third-order valence-electron chi connectivity index (χ3n) is 2.37. The van der Waals surface area contributed by atoms with Gasteiger partial charge in [-0.1, -0.05) is 6.07 Å². The number of carbonyl (C=O) groups excluding carboxylic acids is 1. The first kappa shape index (κ1) is 12.3. The van der Waals surface area contributed by atoms with Crippen molar-refractivity contribution >= 4 is 5.78 Å². The quantitative estimate of drug-likeness (QED) is 0.592. The van der Waals surface area contributed by atoms with E-state index in [1.54, 1.807) is 0 Å². The number of rotatable bonds is 2. The van der Waals surface area contributed by atoms with E-state index in [1.807, 2.05) is 0 Å². The molecule has 1 nitrogen and oxygen atoms in total. The highest BCUT2D eigenvalue weighted by molar-refractivity contribution is 6.09. The Morgan fingerprint density at radius 1 is 0.833 bits per heavy atom. The van der Waals surface area contributed by atoms with Crippen LogP contribution in [0.25, 0.3) is 0 Å². The molecule has 0 saturated heterocycles. The van der Waals surface area contributed by atoms with Gasteiger partial charge in [0.15, 0.2) is 0 Å². The first-order chi connectivity index (χ1) is 8.50. The molecule has 0 aromatic heterocycles. The molecule has 0 bridgehead atoms. The van der Waals surface area contributed by atoms with E-state index in [2.05, 4.69) is 0 Å². The molecule has 5 heteroatoms. The summed E-state index contributed by atoms with van der Waals surface area (Å²) in [7, 11) is 0. The average molecular weight is 254 g/mol. The SMILES string of the molecule is O=C(c1ccc(F)cc1F)c1c(F)cccc1F. The van der Waals surface area contributed by atoms with Crippen LogP contribution in [0.2, 0.25) is 0 Å². The third kappa shape index (κ3) is 2.11. The molecule has 0 amide bonds. The summed E-state index contributed by atoms with van der Waals surface area (Å²) in [5.41, 5.74) is -1.44. The summed E-state index contributed by atoms with van der Waals surface area (Å²) in [6.07, 6.45) is 0. The van der Waals surface area contributed by atoms with E-state index in [9.17, 15) is 22.4 Å². The van der Waals surface area contributed by atoms with Gasteiger partial charge in [-0.3, -0.25) is 4.79 Å². The Hall–Kier alpha value is -2.17. The van der Waals surface area contributed by atoms with Gasteiger partial charge in [0, 0.05) is 6.07 Å². The molecule has 2 aromatic carbocycles. The van der Waals surface area contributed by atoms with E-state index in [-0.39, 0.29) is 0 Å². The molecule has 0 fully saturated rings. The molecular weight excluding hydrogens is 248 g/mol. The van der Waals surface area contributed by atoms with Crippen LogP contribution in [-0.2, 0) is 0 Å². The number of benzene rings is 2. The van der Waals surface area contributed by atoms with Crippen LogP contribution in [0.15, 0.2) is 36.4 Å². The zero-order valence-corrected chi connectivity index (χ0v) is 8.88. The minimum atomic E-state index is -1.16. The number of carbonyl (C=O) groups is 1. The van der Waals surface area contributed by atoms with Crippen molar-refractivity contribution in [2.75, 3.05) is 0 Å². The van der Waals surface area contributed by atoms with Crippen molar-refractivity contribution in [3.63, 3.8) is 0 Å². The second kappa shape index (κ2) is 4.60. The summed E-state index contributed by atoms with van der Waals surface area (Å²) in [5.74, 6) is -5.39. The van der Waals surface area contributed by atoms with Gasteiger partial charge in [0.1, 0.15) is 23.3 Å². The fourth-order valence-electron chi connectivity index (χ4n) is 1.52. The van der Waals surface area contributed by atoms with Gasteiger partial charge in [-0.15, -0.1) is 0 Å². The lowest BCUT2D eigenvalue weighted by atomic mass is 10.0. The van der Waals surface area contributed by atoms with Crippen LogP contribution >= 0.6 is 0 Å². The van der Waals surface area contributed by atoms with Crippen molar-refractivity contribution in [3.05, 3.63) is 70.8 Å². The molecule has 2 rings (SSSR count). The molecule has 18 heavy (non-hydrogen) atoms. The van der Waals surface area contributed by atoms with Gasteiger partial charge in [-0.25, -0.2) is 17.6 Å². The summed E-state index contributed by atoms with van der Waals surface area (Å²) in [6, 6.07) is 5.03. The van der Waals surface area contributed by atoms with Gasteiger partial charge in [-0.2, -0.15) is 0 Å². The zero-order chi connectivity index (χ0) is 13.3. The molecule has 0 spiro atoms. The normalized spacial score (nSPS) is 10.4. The Morgan fingerprint density at radius 3 is 2.00 bits per heavy atom. The van der Waals surface area contributed by atoms with E-state index in [0.29, 0.717) is 6.07 Å². The molecule has 2 aromatic rings. The van der Waals surface area contributed by atoms with Gasteiger partial charge in [0.2, 0.25) is 5.78 Å². The molecule has 92 valence electrons. The Bertz CT molecular complexity index is 602. The second-order valence-corrected chi connectivity index (χ2v) is 3.55. The molecule has 0 saturated carbocycles. The maximum atomic E-state index is 13.3. The third-order valence-corrected chi connectivity index (χ3v) is 2.37. The van der Waals surface area contributed by atoms with Gasteiger partial charge in [-0.05, 0) is 24.3 Å². The topological polar surface area (TPSA) is 17.1 Å². The van der Waals surface area contributed by atoms with Crippen molar-refractivity contribution in [1.29, 1.82) is 0 Å². The van der Waals surface area contributed by atoms with Gasteiger partial charge in [0.25, 0.3) is 0 Å². The lowest BCUT2D eigenvalue weighted by molar-refractivity contribution is 0.102. The molecule has 0 aliphatic carbocycles. The van der Waals surface area contributed by atoms with Crippen LogP contribution in [0.4, 0.5) is 17.6 Å². The van der Waals surface area contributed by atoms with E-state index in [1.165, 1.54) is 0 Å². The van der Waals surface area contributed by atoms with Gasteiger partial charge >= 0.3 is 0 Å². The van der Waals surface area contributed by atoms with Gasteiger partial charge < -0.3 is 0 Å². The summed E-state index contributed by atoms with van der Waals surface area (Å²) in [6.45, 7) is 0. The minimum Gasteiger partial charge on any atom is -0.288 e. The lowest BCUT2D eigenvalue weighted by Crippen LogP contribution is -2.09. The van der Waals surface area contributed by atoms with Crippen molar-refractivity contribution < 1.29 is 22.4 Å². The number of ketones is 1. The Labute approximate surface area is 99.7 Å². The van der Waals surface area contributed by atoms with Crippen LogP contribution in [0, 0.1) is 23.3 Å². The van der Waals surface area contributed by atoms with Crippen LogP contribution < -0.4 is 0 Å². The monoisotopic (exact) mass is 254 g/mol. The van der Waals surface area contributed by atoms with Crippen LogP contribution in [0.3, 0.4) is 0 Å². The molecule has 0 atom stereocenters. The van der Waals surface area contributed by atoms with Crippen LogP contribution in [0.5, 0.6) is 0 Å². The second-order valence-electron chi connectivity index (χ2n) is 3.55. The highest BCUT2D eigenvalue weighted by Gasteiger charge is 2.21. The van der Waals surface area contributed by atoms with Crippen LogP contribution in [0.1, 0.15) is 15.9 Å². The maximum Gasteiger partial charge on any atom is 0.201 e. The first-order valence-electron chi connectivity index (χ1n) is 4.94. The highest BCUT2D eigenvalue weighted by Crippen LogP contribution is 2.19. The van der Waals surface area contributed by atoms with Crippen molar-refractivity contribution in [2.45, 2.75) is 0 Å². The molecular formula is C13H6F4O. The van der Waals surface area contributed by atoms with E-state index < -0.39 is 40.2 Å². The molecule has 0 aliphatic heterocycles. The van der Waals surface area contributed by atoms with Gasteiger partial charge in [0.05, 0.1) is 11.1 Å². The molecule has 0 radical (unpaired) electrons. The molecule has 0 unspecified atom stereocenters. The summed E-state index contributed by atoms with van der Waals surface area (Å²) in [4.78, 5) is 11.8. The zero-order valence-electron chi connectivity index (χ0n) is 8.88. The standard InChI is InChI=1S/C13H6F4O/c14-7-4-5-8(11(17)6-7)13(18)12-9(15)2-1-3-10(12)16/h1-6H. The van der Waals surface area contributed by atoms with Crippen molar-refractivity contribution in [2.24, 2.45) is 0 Å². The highest BCUT2D eigenvalue weighted by atomic mass is 19.1. The summed E-state index contributed by atoms with van der Waals surface area (Å²) >= 11 is 0. The first-order valence-corrected chi connectivity index (χ1v) is 4.94. The molecule has 0 heterocycles. The Balaban J connectivity index is 2.55. The van der Waals surface area contributed by atoms with Crippen molar-refractivity contribution in [1.82, 2.24) is 0 Å². The number of hydrogen-bond donors (Lipinski definition) is 0. The average Bonchev–Trinajstić information content (AvgIpc) is 2.28. The van der Waals surface area contributed by atoms with Crippen LogP contribution in [-0.4, -0.2) is 5.78 Å². The molecule has 0 aliphatic rings. The lowest BCUT2D eigenvalue weighted by Gasteiger charge is -2.05. The predicted molar refractivity (Wildman–Crippen MR) is 56.1 cm³/mol. The predicted octanol–water partition coefficient (Wildman–Crippen LogP) is 3.47. The number of hydrogen-bond acceptors (Lipinski definition) is 1. The van der Waals surface area contributed by atoms with E-state index in [0.717, 1.165) is 30.3 Å². The minimum absolute atomic E-state index is 0.478. The Kier molecular flexibility index (Phi) is 3.14. The fraction of sp³-hybridized carbons (Fsp3) is 0. The van der Waals surface area contributed by atoms with E-state index >= 15 is 0 Å². The maximum absolute atomic E-state index is 13.3. The summed E-state index contributed by atoms with van der Waals surface area (Å²) < 4.78 is 52.7. The largest absolute Gasteiger partial charge is 0.288 e. The smallest absolute Gasteiger partial charge is 0.201 e. The van der Waals surface area contributed by atoms with Crippen molar-refractivity contribution in [3.8, 4) is 0 Å². The number of halogens is 4. The molecule has 0 N–H and O–H groups in total. The summed E-state index contributed by atoms with van der Waals surface area (Å²) in [5, 5.41) is 0.